The minimum Gasteiger partial charge on any atom is -0.323 e. The number of rotatable bonds is 8. The maximum absolute atomic E-state index is 12.5. The Hall–Kier alpha value is -2.15. The SMILES string of the molecule is CC[C@@H](C(=O)Nc1cnn(CCS(=O)(=O)CC)c1)c1ccccc1. The Balaban J connectivity index is 1.99. The summed E-state index contributed by atoms with van der Waals surface area (Å²) in [6.07, 6.45) is 3.88. The number of aryl methyl sites for hydroxylation is 1. The van der Waals surface area contributed by atoms with E-state index in [2.05, 4.69) is 10.4 Å². The van der Waals surface area contributed by atoms with Crippen molar-refractivity contribution in [1.29, 1.82) is 0 Å². The number of nitrogens with zero attached hydrogens (tertiary/aromatic N) is 2. The van der Waals surface area contributed by atoms with Gasteiger partial charge < -0.3 is 5.32 Å². The van der Waals surface area contributed by atoms with Crippen molar-refractivity contribution in [3.8, 4) is 0 Å². The minimum absolute atomic E-state index is 0.0418. The van der Waals surface area contributed by atoms with E-state index in [1.807, 2.05) is 37.3 Å². The molecular weight excluding hydrogens is 326 g/mol. The van der Waals surface area contributed by atoms with Crippen LogP contribution >= 0.6 is 0 Å². The topological polar surface area (TPSA) is 81.1 Å². The molecule has 0 aliphatic rings. The average molecular weight is 349 g/mol. The first-order valence-corrected chi connectivity index (χ1v) is 9.86. The molecule has 0 saturated heterocycles. The second-order valence-corrected chi connectivity index (χ2v) is 8.06. The zero-order valence-electron chi connectivity index (χ0n) is 14.0. The van der Waals surface area contributed by atoms with Gasteiger partial charge in [-0.3, -0.25) is 9.48 Å². The van der Waals surface area contributed by atoms with Crippen molar-refractivity contribution in [3.05, 3.63) is 48.3 Å². The normalized spacial score (nSPS) is 12.8. The molecule has 2 rings (SSSR count). The number of benzene rings is 1. The van der Waals surface area contributed by atoms with Gasteiger partial charge in [0, 0.05) is 11.9 Å². The standard InChI is InChI=1S/C17H23N3O3S/c1-3-16(14-8-6-5-7-9-14)17(21)19-15-12-18-20(13-15)10-11-24(22,23)4-2/h5-9,12-13,16H,3-4,10-11H2,1-2H3,(H,19,21)/t16-/m1/s1. The molecule has 1 N–H and O–H groups in total. The smallest absolute Gasteiger partial charge is 0.231 e. The summed E-state index contributed by atoms with van der Waals surface area (Å²) >= 11 is 0. The Morgan fingerprint density at radius 3 is 2.58 bits per heavy atom. The van der Waals surface area contributed by atoms with Gasteiger partial charge >= 0.3 is 0 Å². The summed E-state index contributed by atoms with van der Waals surface area (Å²) in [6.45, 7) is 3.87. The zero-order chi connectivity index (χ0) is 17.6. The maximum Gasteiger partial charge on any atom is 0.231 e. The molecule has 0 radical (unpaired) electrons. The van der Waals surface area contributed by atoms with Crippen LogP contribution in [0.1, 0.15) is 31.7 Å². The predicted octanol–water partition coefficient (Wildman–Crippen LogP) is 2.45. The highest BCUT2D eigenvalue weighted by molar-refractivity contribution is 7.91. The Kier molecular flexibility index (Phi) is 6.14. The Morgan fingerprint density at radius 2 is 1.96 bits per heavy atom. The van der Waals surface area contributed by atoms with Gasteiger partial charge in [-0.05, 0) is 12.0 Å². The number of carbonyl (C=O) groups is 1. The van der Waals surface area contributed by atoms with Gasteiger partial charge in [-0.15, -0.1) is 0 Å². The molecule has 2 aromatic rings. The number of nitrogens with one attached hydrogen (secondary N) is 1. The molecule has 0 bridgehead atoms. The molecule has 0 aliphatic carbocycles. The monoisotopic (exact) mass is 349 g/mol. The zero-order valence-corrected chi connectivity index (χ0v) is 14.8. The summed E-state index contributed by atoms with van der Waals surface area (Å²) < 4.78 is 24.6. The van der Waals surface area contributed by atoms with Crippen LogP contribution in [0, 0.1) is 0 Å². The lowest BCUT2D eigenvalue weighted by molar-refractivity contribution is -0.117. The quantitative estimate of drug-likeness (QED) is 0.794. The summed E-state index contributed by atoms with van der Waals surface area (Å²) in [4.78, 5) is 12.5. The molecule has 1 aromatic heterocycles. The molecule has 0 spiro atoms. The summed E-state index contributed by atoms with van der Waals surface area (Å²) in [5.74, 6) is -0.160. The van der Waals surface area contributed by atoms with Gasteiger partial charge in [-0.2, -0.15) is 5.10 Å². The van der Waals surface area contributed by atoms with Gasteiger partial charge in [0.1, 0.15) is 0 Å². The molecule has 1 aromatic carbocycles. The van der Waals surface area contributed by atoms with Crippen LogP contribution in [0.3, 0.4) is 0 Å². The van der Waals surface area contributed by atoms with Gasteiger partial charge in [0.2, 0.25) is 5.91 Å². The highest BCUT2D eigenvalue weighted by Crippen LogP contribution is 2.21. The van der Waals surface area contributed by atoms with Crippen molar-refractivity contribution in [2.24, 2.45) is 0 Å². The first-order valence-electron chi connectivity index (χ1n) is 8.04. The minimum atomic E-state index is -3.03. The molecule has 0 unspecified atom stereocenters. The summed E-state index contributed by atoms with van der Waals surface area (Å²) in [6, 6.07) is 9.62. The fourth-order valence-electron chi connectivity index (χ4n) is 2.41. The van der Waals surface area contributed by atoms with Crippen molar-refractivity contribution in [3.63, 3.8) is 0 Å². The highest BCUT2D eigenvalue weighted by atomic mass is 32.2. The van der Waals surface area contributed by atoms with Gasteiger partial charge in [0.05, 0.1) is 30.1 Å². The number of carbonyl (C=O) groups excluding carboxylic acids is 1. The van der Waals surface area contributed by atoms with Crippen LogP contribution in [-0.4, -0.2) is 35.6 Å². The van der Waals surface area contributed by atoms with Crippen LogP contribution in [0.15, 0.2) is 42.7 Å². The third-order valence-electron chi connectivity index (χ3n) is 3.90. The van der Waals surface area contributed by atoms with E-state index in [0.29, 0.717) is 12.1 Å². The fourth-order valence-corrected chi connectivity index (χ4v) is 3.17. The fraction of sp³-hybridized carbons (Fsp3) is 0.412. The van der Waals surface area contributed by atoms with E-state index in [1.54, 1.807) is 13.1 Å². The number of amides is 1. The van der Waals surface area contributed by atoms with E-state index in [9.17, 15) is 13.2 Å². The van der Waals surface area contributed by atoms with E-state index in [-0.39, 0.29) is 29.9 Å². The lowest BCUT2D eigenvalue weighted by Gasteiger charge is -2.14. The molecule has 0 fully saturated rings. The first-order chi connectivity index (χ1) is 11.4. The molecule has 24 heavy (non-hydrogen) atoms. The summed E-state index contributed by atoms with van der Waals surface area (Å²) in [7, 11) is -3.03. The van der Waals surface area contributed by atoms with Gasteiger partial charge in [0.15, 0.2) is 9.84 Å². The molecule has 7 heteroatoms. The largest absolute Gasteiger partial charge is 0.323 e. The molecule has 6 nitrogen and oxygen atoms in total. The van der Waals surface area contributed by atoms with E-state index < -0.39 is 9.84 Å². The molecule has 0 aliphatic heterocycles. The number of hydrogen-bond acceptors (Lipinski definition) is 4. The summed E-state index contributed by atoms with van der Waals surface area (Å²) in [5, 5.41) is 6.95. The molecule has 1 amide bonds. The Bertz CT molecular complexity index is 769. The maximum atomic E-state index is 12.5. The van der Waals surface area contributed by atoms with Crippen LogP contribution in [0.4, 0.5) is 5.69 Å². The third-order valence-corrected chi connectivity index (χ3v) is 5.58. The van der Waals surface area contributed by atoms with Crippen molar-refractivity contribution in [2.75, 3.05) is 16.8 Å². The molecule has 0 saturated carbocycles. The number of aromatic nitrogens is 2. The van der Waals surface area contributed by atoms with Crippen molar-refractivity contribution in [2.45, 2.75) is 32.7 Å². The van der Waals surface area contributed by atoms with Crippen LogP contribution in [0.2, 0.25) is 0 Å². The van der Waals surface area contributed by atoms with Crippen LogP contribution in [-0.2, 0) is 21.2 Å². The number of anilines is 1. The van der Waals surface area contributed by atoms with Crippen LogP contribution in [0.5, 0.6) is 0 Å². The molecular formula is C17H23N3O3S. The van der Waals surface area contributed by atoms with E-state index in [4.69, 9.17) is 0 Å². The number of sulfone groups is 1. The van der Waals surface area contributed by atoms with Crippen molar-refractivity contribution < 1.29 is 13.2 Å². The number of hydrogen-bond donors (Lipinski definition) is 1. The van der Waals surface area contributed by atoms with Crippen LogP contribution in [0.25, 0.3) is 0 Å². The second kappa shape index (κ2) is 8.10. The Morgan fingerprint density at radius 1 is 1.25 bits per heavy atom. The third kappa shape index (κ3) is 4.92. The Labute approximate surface area is 142 Å². The predicted molar refractivity (Wildman–Crippen MR) is 94.7 cm³/mol. The average Bonchev–Trinajstić information content (AvgIpc) is 3.02. The van der Waals surface area contributed by atoms with Gasteiger partial charge in [0.25, 0.3) is 0 Å². The van der Waals surface area contributed by atoms with Gasteiger partial charge in [-0.1, -0.05) is 44.2 Å². The first kappa shape index (κ1) is 18.2. The summed E-state index contributed by atoms with van der Waals surface area (Å²) in [5.41, 5.74) is 1.54. The van der Waals surface area contributed by atoms with Crippen molar-refractivity contribution >= 4 is 21.4 Å². The molecule has 1 atom stereocenters. The van der Waals surface area contributed by atoms with Gasteiger partial charge in [-0.25, -0.2) is 8.42 Å². The van der Waals surface area contributed by atoms with Crippen molar-refractivity contribution in [1.82, 2.24) is 9.78 Å². The molecule has 1 heterocycles. The highest BCUT2D eigenvalue weighted by Gasteiger charge is 2.19. The van der Waals surface area contributed by atoms with E-state index >= 15 is 0 Å². The van der Waals surface area contributed by atoms with E-state index in [0.717, 1.165) is 5.56 Å². The van der Waals surface area contributed by atoms with E-state index in [1.165, 1.54) is 10.9 Å². The lowest BCUT2D eigenvalue weighted by Crippen LogP contribution is -2.20. The molecule has 130 valence electrons. The second-order valence-electron chi connectivity index (χ2n) is 5.59. The lowest BCUT2D eigenvalue weighted by atomic mass is 9.96. The van der Waals surface area contributed by atoms with Crippen LogP contribution < -0.4 is 5.32 Å².